The lowest BCUT2D eigenvalue weighted by atomic mass is 9.93. The summed E-state index contributed by atoms with van der Waals surface area (Å²) in [5, 5.41) is 8.16. The minimum Gasteiger partial charge on any atom is -0.355 e. The number of carbonyl (C=O) groups is 3. The summed E-state index contributed by atoms with van der Waals surface area (Å²) < 4.78 is 0. The predicted molar refractivity (Wildman–Crippen MR) is 104 cm³/mol. The lowest BCUT2D eigenvalue weighted by molar-refractivity contribution is -0.119. The van der Waals surface area contributed by atoms with E-state index in [1.165, 1.54) is 18.3 Å². The Morgan fingerprint density at radius 2 is 1.88 bits per heavy atom. The van der Waals surface area contributed by atoms with Crippen LogP contribution in [0.15, 0.2) is 5.38 Å². The standard InChI is InChI=1S/C17H27N3O3S2/c1-12(21)24-11-15(23)18-9-7-5-6-8-14(22)20-16-19-13(10-25-16)17(2,3)4/h10H,5-9,11H2,1-4H3,(H,18,23)(H,19,20,22). The number of nitrogens with zero attached hydrogens (tertiary/aromatic N) is 1. The molecule has 0 aliphatic heterocycles. The van der Waals surface area contributed by atoms with Crippen molar-refractivity contribution in [3.8, 4) is 0 Å². The molecule has 140 valence electrons. The van der Waals surface area contributed by atoms with E-state index in [0.717, 1.165) is 36.7 Å². The van der Waals surface area contributed by atoms with E-state index in [-0.39, 0.29) is 28.1 Å². The van der Waals surface area contributed by atoms with Crippen LogP contribution >= 0.6 is 23.1 Å². The van der Waals surface area contributed by atoms with Crippen molar-refractivity contribution in [3.63, 3.8) is 0 Å². The monoisotopic (exact) mass is 385 g/mol. The van der Waals surface area contributed by atoms with Crippen LogP contribution < -0.4 is 10.6 Å². The summed E-state index contributed by atoms with van der Waals surface area (Å²) in [6.45, 7) is 8.28. The molecule has 0 aromatic carbocycles. The molecule has 2 N–H and O–H groups in total. The molecule has 0 saturated heterocycles. The van der Waals surface area contributed by atoms with Gasteiger partial charge in [-0.05, 0) is 12.8 Å². The molecule has 8 heteroatoms. The maximum absolute atomic E-state index is 11.9. The molecule has 25 heavy (non-hydrogen) atoms. The van der Waals surface area contributed by atoms with Gasteiger partial charge in [-0.1, -0.05) is 39.0 Å². The van der Waals surface area contributed by atoms with Crippen molar-refractivity contribution in [1.29, 1.82) is 0 Å². The van der Waals surface area contributed by atoms with Crippen molar-refractivity contribution < 1.29 is 14.4 Å². The molecular formula is C17H27N3O3S2. The topological polar surface area (TPSA) is 88.2 Å². The number of aromatic nitrogens is 1. The highest BCUT2D eigenvalue weighted by atomic mass is 32.2. The molecule has 0 aliphatic rings. The van der Waals surface area contributed by atoms with Crippen LogP contribution in [0.5, 0.6) is 0 Å². The Morgan fingerprint density at radius 3 is 2.48 bits per heavy atom. The van der Waals surface area contributed by atoms with Gasteiger partial charge in [0.1, 0.15) is 0 Å². The molecule has 0 saturated carbocycles. The Balaban J connectivity index is 2.12. The number of hydrogen-bond acceptors (Lipinski definition) is 6. The Hall–Kier alpha value is -1.41. The molecule has 0 bridgehead atoms. The quantitative estimate of drug-likeness (QED) is 0.637. The van der Waals surface area contributed by atoms with Gasteiger partial charge >= 0.3 is 0 Å². The van der Waals surface area contributed by atoms with Crippen LogP contribution in [-0.4, -0.2) is 34.2 Å². The maximum Gasteiger partial charge on any atom is 0.230 e. The van der Waals surface area contributed by atoms with Crippen LogP contribution in [0, 0.1) is 0 Å². The molecule has 0 aliphatic carbocycles. The predicted octanol–water partition coefficient (Wildman–Crippen LogP) is 3.34. The van der Waals surface area contributed by atoms with Crippen LogP contribution in [0.3, 0.4) is 0 Å². The maximum atomic E-state index is 11.9. The summed E-state index contributed by atoms with van der Waals surface area (Å²) in [6.07, 6.45) is 2.88. The van der Waals surface area contributed by atoms with Crippen LogP contribution in [0.1, 0.15) is 59.1 Å². The molecule has 0 radical (unpaired) electrons. The highest BCUT2D eigenvalue weighted by Crippen LogP contribution is 2.26. The van der Waals surface area contributed by atoms with Gasteiger partial charge < -0.3 is 10.6 Å². The second kappa shape index (κ2) is 10.6. The number of hydrogen-bond donors (Lipinski definition) is 2. The normalized spacial score (nSPS) is 11.2. The Bertz CT molecular complexity index is 594. The fourth-order valence-corrected chi connectivity index (χ4v) is 3.28. The van der Waals surface area contributed by atoms with Gasteiger partial charge in [0.25, 0.3) is 0 Å². The second-order valence-electron chi connectivity index (χ2n) is 6.78. The number of amides is 2. The minimum absolute atomic E-state index is 0.0210. The zero-order chi connectivity index (χ0) is 18.9. The molecule has 0 atom stereocenters. The summed E-state index contributed by atoms with van der Waals surface area (Å²) in [4.78, 5) is 38.5. The molecule has 1 aromatic heterocycles. The van der Waals surface area contributed by atoms with Crippen molar-refractivity contribution in [2.45, 2.75) is 58.8 Å². The van der Waals surface area contributed by atoms with E-state index >= 15 is 0 Å². The lowest BCUT2D eigenvalue weighted by Crippen LogP contribution is -2.26. The first-order valence-electron chi connectivity index (χ1n) is 8.34. The highest BCUT2D eigenvalue weighted by molar-refractivity contribution is 8.14. The summed E-state index contributed by atoms with van der Waals surface area (Å²) in [6, 6.07) is 0. The zero-order valence-corrected chi connectivity index (χ0v) is 16.9. The number of anilines is 1. The second-order valence-corrected chi connectivity index (χ2v) is 8.79. The molecule has 0 fully saturated rings. The number of thiazole rings is 1. The van der Waals surface area contributed by atoms with E-state index in [4.69, 9.17) is 0 Å². The molecule has 1 aromatic rings. The molecule has 1 heterocycles. The lowest BCUT2D eigenvalue weighted by Gasteiger charge is -2.14. The van der Waals surface area contributed by atoms with Crippen molar-refractivity contribution >= 4 is 45.2 Å². The third-order valence-electron chi connectivity index (χ3n) is 3.33. The van der Waals surface area contributed by atoms with Crippen LogP contribution in [0.2, 0.25) is 0 Å². The van der Waals surface area contributed by atoms with Gasteiger partial charge in [0.2, 0.25) is 11.8 Å². The first-order valence-corrected chi connectivity index (χ1v) is 10.2. The van der Waals surface area contributed by atoms with Crippen LogP contribution in [-0.2, 0) is 19.8 Å². The van der Waals surface area contributed by atoms with Gasteiger partial charge in [0.05, 0.1) is 11.4 Å². The third kappa shape index (κ3) is 9.60. The molecule has 6 nitrogen and oxygen atoms in total. The minimum atomic E-state index is -0.128. The fraction of sp³-hybridized carbons (Fsp3) is 0.647. The number of unbranched alkanes of at least 4 members (excludes halogenated alkanes) is 2. The number of carbonyl (C=O) groups excluding carboxylic acids is 3. The summed E-state index contributed by atoms with van der Waals surface area (Å²) in [5.41, 5.74) is 0.957. The van der Waals surface area contributed by atoms with Gasteiger partial charge in [-0.25, -0.2) is 4.98 Å². The first-order chi connectivity index (χ1) is 11.7. The average Bonchev–Trinajstić information content (AvgIpc) is 2.97. The van der Waals surface area contributed by atoms with Crippen LogP contribution in [0.25, 0.3) is 0 Å². The fourth-order valence-electron chi connectivity index (χ4n) is 1.89. The molecule has 1 rings (SSSR count). The Labute approximate surface area is 157 Å². The van der Waals surface area contributed by atoms with Crippen molar-refractivity contribution in [2.24, 2.45) is 0 Å². The summed E-state index contributed by atoms with van der Waals surface area (Å²) in [7, 11) is 0. The summed E-state index contributed by atoms with van der Waals surface area (Å²) >= 11 is 2.45. The molecule has 2 amide bonds. The van der Waals surface area contributed by atoms with E-state index in [0.29, 0.717) is 18.1 Å². The Kier molecular flexibility index (Phi) is 9.13. The summed E-state index contributed by atoms with van der Waals surface area (Å²) in [5.74, 6) is 0.00956. The van der Waals surface area contributed by atoms with Gasteiger partial charge in [0.15, 0.2) is 10.2 Å². The van der Waals surface area contributed by atoms with Gasteiger partial charge in [0, 0.05) is 30.7 Å². The van der Waals surface area contributed by atoms with Crippen LogP contribution in [0.4, 0.5) is 5.13 Å². The van der Waals surface area contributed by atoms with E-state index in [2.05, 4.69) is 36.4 Å². The number of rotatable bonds is 9. The number of thioether (sulfide) groups is 1. The largest absolute Gasteiger partial charge is 0.355 e. The van der Waals surface area contributed by atoms with Crippen molar-refractivity contribution in [2.75, 3.05) is 17.6 Å². The highest BCUT2D eigenvalue weighted by Gasteiger charge is 2.18. The zero-order valence-electron chi connectivity index (χ0n) is 15.3. The third-order valence-corrected chi connectivity index (χ3v) is 4.90. The van der Waals surface area contributed by atoms with E-state index in [1.54, 1.807) is 0 Å². The Morgan fingerprint density at radius 1 is 1.16 bits per heavy atom. The van der Waals surface area contributed by atoms with Gasteiger partial charge in [-0.2, -0.15) is 0 Å². The molecule has 0 unspecified atom stereocenters. The van der Waals surface area contributed by atoms with Crippen molar-refractivity contribution in [3.05, 3.63) is 11.1 Å². The first kappa shape index (κ1) is 21.6. The molecular weight excluding hydrogens is 358 g/mol. The van der Waals surface area contributed by atoms with Gasteiger partial charge in [-0.3, -0.25) is 14.4 Å². The molecule has 0 spiro atoms. The average molecular weight is 386 g/mol. The number of nitrogens with one attached hydrogen (secondary N) is 2. The SMILES string of the molecule is CC(=O)SCC(=O)NCCCCCC(=O)Nc1nc(C(C)(C)C)cs1. The van der Waals surface area contributed by atoms with E-state index in [9.17, 15) is 14.4 Å². The van der Waals surface area contributed by atoms with E-state index in [1.807, 2.05) is 5.38 Å². The van der Waals surface area contributed by atoms with E-state index < -0.39 is 0 Å². The smallest absolute Gasteiger partial charge is 0.230 e. The van der Waals surface area contributed by atoms with Crippen molar-refractivity contribution in [1.82, 2.24) is 10.3 Å². The van der Waals surface area contributed by atoms with Gasteiger partial charge in [-0.15, -0.1) is 11.3 Å².